The van der Waals surface area contributed by atoms with E-state index < -0.39 is 12.0 Å². The number of nitrogens with zero attached hydrogens (tertiary/aromatic N) is 2. The smallest absolute Gasteiger partial charge is 0.338 e. The standard InChI is InChI=1S/C31H26BrIN2O6S/c1-5-41-30(37)25-26(17-9-7-6-8-10-17)34-31-35(27(25)18-11-12-22(38-2)23(14-18)39-3)29(36)24(42-31)15-19-13-20(32)16-21(33)28(19)40-4/h6-16,27H,5H2,1-4H3/b24-15-/t27-/m0/s1. The van der Waals surface area contributed by atoms with Crippen molar-refractivity contribution in [2.45, 2.75) is 13.0 Å². The Labute approximate surface area is 268 Å². The molecule has 8 nitrogen and oxygen atoms in total. The van der Waals surface area contributed by atoms with Crippen LogP contribution in [0.25, 0.3) is 11.8 Å². The molecule has 0 unspecified atom stereocenters. The summed E-state index contributed by atoms with van der Waals surface area (Å²) in [5, 5.41) is 0. The molecule has 11 heteroatoms. The summed E-state index contributed by atoms with van der Waals surface area (Å²) in [5.74, 6) is 1.08. The molecule has 1 aliphatic rings. The predicted molar refractivity (Wildman–Crippen MR) is 174 cm³/mol. The largest absolute Gasteiger partial charge is 0.495 e. The molecule has 1 atom stereocenters. The second-order valence-corrected chi connectivity index (χ2v) is 12.1. The van der Waals surface area contributed by atoms with Crippen LogP contribution in [0.5, 0.6) is 17.2 Å². The molecular formula is C31H26BrIN2O6S. The minimum Gasteiger partial charge on any atom is -0.495 e. The Balaban J connectivity index is 1.86. The van der Waals surface area contributed by atoms with Crippen LogP contribution in [0.1, 0.15) is 29.7 Å². The molecule has 216 valence electrons. The summed E-state index contributed by atoms with van der Waals surface area (Å²) in [4.78, 5) is 33.2. The van der Waals surface area contributed by atoms with Crippen molar-refractivity contribution in [3.8, 4) is 17.2 Å². The molecule has 5 rings (SSSR count). The number of esters is 1. The molecule has 0 spiro atoms. The lowest BCUT2D eigenvalue weighted by molar-refractivity contribution is -0.138. The number of hydrogen-bond acceptors (Lipinski definition) is 8. The number of methoxy groups -OCH3 is 3. The SMILES string of the molecule is CCOC(=O)C1=C(c2ccccc2)N=c2s/c(=C\c3cc(Br)cc(I)c3OC)c(=O)n2[C@H]1c1ccc(OC)c(OC)c1. The first-order chi connectivity index (χ1) is 20.3. The third kappa shape index (κ3) is 5.64. The first kappa shape index (κ1) is 30.1. The quantitative estimate of drug-likeness (QED) is 0.179. The maximum absolute atomic E-state index is 14.2. The molecular weight excluding hydrogens is 735 g/mol. The minimum absolute atomic E-state index is 0.162. The van der Waals surface area contributed by atoms with E-state index in [-0.39, 0.29) is 17.7 Å². The molecule has 0 aliphatic carbocycles. The highest BCUT2D eigenvalue weighted by Gasteiger charge is 2.35. The van der Waals surface area contributed by atoms with Crippen molar-refractivity contribution < 1.29 is 23.7 Å². The van der Waals surface area contributed by atoms with Gasteiger partial charge in [-0.3, -0.25) is 9.36 Å². The fourth-order valence-electron chi connectivity index (χ4n) is 4.82. The Morgan fingerprint density at radius 2 is 1.79 bits per heavy atom. The second kappa shape index (κ2) is 12.8. The molecule has 4 aromatic rings. The van der Waals surface area contributed by atoms with Gasteiger partial charge in [-0.2, -0.15) is 0 Å². The number of rotatable bonds is 8. The van der Waals surface area contributed by atoms with Gasteiger partial charge in [0.15, 0.2) is 16.3 Å². The highest BCUT2D eigenvalue weighted by atomic mass is 127. The monoisotopic (exact) mass is 760 g/mol. The van der Waals surface area contributed by atoms with Gasteiger partial charge in [-0.25, -0.2) is 9.79 Å². The summed E-state index contributed by atoms with van der Waals surface area (Å²) < 4.78 is 26.0. The van der Waals surface area contributed by atoms with Crippen molar-refractivity contribution in [1.29, 1.82) is 0 Å². The van der Waals surface area contributed by atoms with Crippen molar-refractivity contribution in [2.24, 2.45) is 4.99 Å². The van der Waals surface area contributed by atoms with E-state index >= 15 is 0 Å². The van der Waals surface area contributed by atoms with E-state index in [4.69, 9.17) is 23.9 Å². The molecule has 0 N–H and O–H groups in total. The summed E-state index contributed by atoms with van der Waals surface area (Å²) in [6.45, 7) is 1.91. The van der Waals surface area contributed by atoms with Gasteiger partial charge in [-0.1, -0.05) is 63.7 Å². The molecule has 42 heavy (non-hydrogen) atoms. The Kier molecular flexibility index (Phi) is 9.19. The molecule has 0 radical (unpaired) electrons. The summed E-state index contributed by atoms with van der Waals surface area (Å²) in [6.07, 6.45) is 1.79. The third-order valence-electron chi connectivity index (χ3n) is 6.62. The molecule has 0 fully saturated rings. The van der Waals surface area contributed by atoms with Gasteiger partial charge >= 0.3 is 5.97 Å². The maximum atomic E-state index is 14.2. The fraction of sp³-hybridized carbons (Fsp3) is 0.194. The van der Waals surface area contributed by atoms with Crippen LogP contribution in [0, 0.1) is 3.57 Å². The van der Waals surface area contributed by atoms with Crippen LogP contribution in [0.15, 0.2) is 80.5 Å². The maximum Gasteiger partial charge on any atom is 0.338 e. The van der Waals surface area contributed by atoms with Gasteiger partial charge in [0.05, 0.1) is 53.4 Å². The van der Waals surface area contributed by atoms with E-state index in [9.17, 15) is 9.59 Å². The summed E-state index contributed by atoms with van der Waals surface area (Å²) in [5.41, 5.74) is 2.50. The predicted octanol–water partition coefficient (Wildman–Crippen LogP) is 5.33. The third-order valence-corrected chi connectivity index (χ3v) is 8.87. The van der Waals surface area contributed by atoms with Gasteiger partial charge in [0.1, 0.15) is 5.75 Å². The van der Waals surface area contributed by atoms with Gasteiger partial charge in [0, 0.05) is 15.6 Å². The number of carbonyl (C=O) groups excluding carboxylic acids is 1. The number of carbonyl (C=O) groups is 1. The van der Waals surface area contributed by atoms with Crippen molar-refractivity contribution in [3.63, 3.8) is 0 Å². The van der Waals surface area contributed by atoms with Crippen LogP contribution in [0.3, 0.4) is 0 Å². The first-order valence-electron chi connectivity index (χ1n) is 12.8. The molecule has 0 bridgehead atoms. The van der Waals surface area contributed by atoms with Crippen LogP contribution in [-0.2, 0) is 9.53 Å². The number of halogens is 2. The average Bonchev–Trinajstić information content (AvgIpc) is 3.30. The van der Waals surface area contributed by atoms with Gasteiger partial charge < -0.3 is 18.9 Å². The van der Waals surface area contributed by atoms with E-state index in [2.05, 4.69) is 38.5 Å². The molecule has 0 amide bonds. The molecule has 3 aromatic carbocycles. The fourth-order valence-corrected chi connectivity index (χ4v) is 7.59. The zero-order valence-corrected chi connectivity index (χ0v) is 27.7. The van der Waals surface area contributed by atoms with Gasteiger partial charge in [-0.15, -0.1) is 0 Å². The van der Waals surface area contributed by atoms with E-state index in [1.807, 2.05) is 48.5 Å². The van der Waals surface area contributed by atoms with E-state index in [1.165, 1.54) is 18.4 Å². The van der Waals surface area contributed by atoms with Crippen molar-refractivity contribution in [2.75, 3.05) is 27.9 Å². The molecule has 2 heterocycles. The number of benzene rings is 3. The Bertz CT molecular complexity index is 1880. The average molecular weight is 761 g/mol. The van der Waals surface area contributed by atoms with E-state index in [0.29, 0.717) is 37.8 Å². The summed E-state index contributed by atoms with van der Waals surface area (Å²) in [7, 11) is 4.69. The van der Waals surface area contributed by atoms with Crippen molar-refractivity contribution >= 4 is 67.6 Å². The number of fused-ring (bicyclic) bond motifs is 1. The van der Waals surface area contributed by atoms with Crippen LogP contribution in [0.2, 0.25) is 0 Å². The Morgan fingerprint density at radius 3 is 2.45 bits per heavy atom. The van der Waals surface area contributed by atoms with Crippen molar-refractivity contribution in [3.05, 3.63) is 111 Å². The minimum atomic E-state index is -0.845. The summed E-state index contributed by atoms with van der Waals surface area (Å²) in [6, 6.07) is 17.7. The normalized spacial score (nSPS) is 14.7. The Morgan fingerprint density at radius 1 is 1.05 bits per heavy atom. The molecule has 0 saturated carbocycles. The van der Waals surface area contributed by atoms with Gasteiger partial charge in [0.25, 0.3) is 5.56 Å². The number of hydrogen-bond donors (Lipinski definition) is 0. The topological polar surface area (TPSA) is 88.4 Å². The van der Waals surface area contributed by atoms with E-state index in [0.717, 1.165) is 19.2 Å². The first-order valence-corrected chi connectivity index (χ1v) is 15.5. The Hall–Kier alpha value is -3.42. The van der Waals surface area contributed by atoms with Crippen LogP contribution in [-0.4, -0.2) is 38.5 Å². The van der Waals surface area contributed by atoms with Crippen LogP contribution < -0.4 is 29.1 Å². The van der Waals surface area contributed by atoms with E-state index in [1.54, 1.807) is 43.9 Å². The lowest BCUT2D eigenvalue weighted by Crippen LogP contribution is -2.40. The van der Waals surface area contributed by atoms with Gasteiger partial charge in [-0.05, 0) is 65.4 Å². The summed E-state index contributed by atoms with van der Waals surface area (Å²) >= 11 is 6.98. The number of ether oxygens (including phenoxy) is 4. The highest BCUT2D eigenvalue weighted by Crippen LogP contribution is 2.38. The lowest BCUT2D eigenvalue weighted by Gasteiger charge is -2.26. The number of aromatic nitrogens is 1. The zero-order valence-electron chi connectivity index (χ0n) is 23.1. The zero-order chi connectivity index (χ0) is 30.0. The van der Waals surface area contributed by atoms with Crippen molar-refractivity contribution in [1.82, 2.24) is 4.57 Å². The molecule has 1 aromatic heterocycles. The molecule has 1 aliphatic heterocycles. The number of thiazole rings is 1. The highest BCUT2D eigenvalue weighted by molar-refractivity contribution is 14.1. The lowest BCUT2D eigenvalue weighted by atomic mass is 9.93. The van der Waals surface area contributed by atoms with Crippen LogP contribution in [0.4, 0.5) is 0 Å². The van der Waals surface area contributed by atoms with Gasteiger partial charge in [0.2, 0.25) is 0 Å². The van der Waals surface area contributed by atoms with Crippen LogP contribution >= 0.6 is 49.9 Å². The second-order valence-electron chi connectivity index (χ2n) is 9.06. The molecule has 0 saturated heterocycles.